The van der Waals surface area contributed by atoms with E-state index in [9.17, 15) is 0 Å². The van der Waals surface area contributed by atoms with Crippen molar-refractivity contribution >= 4 is 5.65 Å². The predicted molar refractivity (Wildman–Crippen MR) is 65.4 cm³/mol. The Morgan fingerprint density at radius 3 is 2.56 bits per heavy atom. The van der Waals surface area contributed by atoms with E-state index in [1.165, 1.54) is 16.8 Å². The minimum Gasteiger partial charge on any atom is -0.305 e. The lowest BCUT2D eigenvalue weighted by molar-refractivity contribution is 1.06. The molecule has 0 amide bonds. The minimum atomic E-state index is 0.999. The fourth-order valence-electron chi connectivity index (χ4n) is 1.92. The molecule has 0 N–H and O–H groups in total. The number of aromatic nitrogens is 2. The molecule has 0 aliphatic rings. The highest BCUT2D eigenvalue weighted by Crippen LogP contribution is 2.21. The molecule has 2 heteroatoms. The summed E-state index contributed by atoms with van der Waals surface area (Å²) >= 11 is 0. The summed E-state index contributed by atoms with van der Waals surface area (Å²) in [6.45, 7) is 2.09. The third-order valence-corrected chi connectivity index (χ3v) is 2.81. The van der Waals surface area contributed by atoms with Crippen molar-refractivity contribution in [2.24, 2.45) is 0 Å². The zero-order valence-electron chi connectivity index (χ0n) is 9.09. The van der Waals surface area contributed by atoms with Crippen LogP contribution >= 0.6 is 0 Å². The van der Waals surface area contributed by atoms with Crippen LogP contribution < -0.4 is 0 Å². The second-order valence-corrected chi connectivity index (χ2v) is 3.91. The van der Waals surface area contributed by atoms with E-state index in [4.69, 9.17) is 0 Å². The quantitative estimate of drug-likeness (QED) is 0.599. The monoisotopic (exact) mass is 208 g/mol. The van der Waals surface area contributed by atoms with Crippen molar-refractivity contribution in [2.75, 3.05) is 0 Å². The van der Waals surface area contributed by atoms with Gasteiger partial charge in [-0.2, -0.15) is 0 Å². The molecule has 2 heterocycles. The maximum atomic E-state index is 4.35. The third kappa shape index (κ3) is 1.39. The summed E-state index contributed by atoms with van der Waals surface area (Å²) in [5.41, 5.74) is 4.64. The normalized spacial score (nSPS) is 10.8. The first-order valence-electron chi connectivity index (χ1n) is 5.34. The Hall–Kier alpha value is -2.09. The SMILES string of the molecule is Cc1ccnc2cc(-c3ccccc3)cn12. The zero-order chi connectivity index (χ0) is 11.0. The van der Waals surface area contributed by atoms with E-state index < -0.39 is 0 Å². The second-order valence-electron chi connectivity index (χ2n) is 3.91. The van der Waals surface area contributed by atoms with Crippen LogP contribution in [0.5, 0.6) is 0 Å². The number of hydrogen-bond acceptors (Lipinski definition) is 1. The van der Waals surface area contributed by atoms with Crippen LogP contribution in [0.25, 0.3) is 16.8 Å². The van der Waals surface area contributed by atoms with E-state index in [-0.39, 0.29) is 0 Å². The first-order valence-corrected chi connectivity index (χ1v) is 5.34. The summed E-state index contributed by atoms with van der Waals surface area (Å²) in [7, 11) is 0. The first-order chi connectivity index (χ1) is 7.84. The van der Waals surface area contributed by atoms with Crippen LogP contribution in [0.4, 0.5) is 0 Å². The van der Waals surface area contributed by atoms with Gasteiger partial charge in [-0.1, -0.05) is 30.3 Å². The Kier molecular flexibility index (Phi) is 2.00. The van der Waals surface area contributed by atoms with Crippen LogP contribution in [0.2, 0.25) is 0 Å². The van der Waals surface area contributed by atoms with Crippen LogP contribution in [0.15, 0.2) is 54.9 Å². The van der Waals surface area contributed by atoms with Crippen molar-refractivity contribution in [3.63, 3.8) is 0 Å². The summed E-state index contributed by atoms with van der Waals surface area (Å²) in [5, 5.41) is 0. The van der Waals surface area contributed by atoms with Gasteiger partial charge in [0.05, 0.1) is 0 Å². The van der Waals surface area contributed by atoms with E-state index in [0.717, 1.165) is 5.65 Å². The van der Waals surface area contributed by atoms with E-state index in [0.29, 0.717) is 0 Å². The van der Waals surface area contributed by atoms with Gasteiger partial charge < -0.3 is 4.40 Å². The maximum absolute atomic E-state index is 4.35. The van der Waals surface area contributed by atoms with E-state index >= 15 is 0 Å². The molecule has 0 aliphatic carbocycles. The molecule has 0 bridgehead atoms. The standard InChI is InChI=1S/C14H12N2/c1-11-7-8-15-14-9-13(10-16(11)14)12-5-3-2-4-6-12/h2-10H,1H3. The Labute approximate surface area is 94.2 Å². The smallest absolute Gasteiger partial charge is 0.137 e. The molecular weight excluding hydrogens is 196 g/mol. The lowest BCUT2D eigenvalue weighted by atomic mass is 10.1. The molecule has 1 aromatic carbocycles. The van der Waals surface area contributed by atoms with Gasteiger partial charge in [0.25, 0.3) is 0 Å². The molecule has 2 nitrogen and oxygen atoms in total. The van der Waals surface area contributed by atoms with Gasteiger partial charge in [0.15, 0.2) is 0 Å². The van der Waals surface area contributed by atoms with Crippen molar-refractivity contribution in [1.82, 2.24) is 9.38 Å². The Morgan fingerprint density at radius 1 is 1.00 bits per heavy atom. The zero-order valence-corrected chi connectivity index (χ0v) is 9.09. The molecule has 0 unspecified atom stereocenters. The molecule has 3 aromatic rings. The Morgan fingerprint density at radius 2 is 1.81 bits per heavy atom. The lowest BCUT2D eigenvalue weighted by Gasteiger charge is -1.97. The van der Waals surface area contributed by atoms with Crippen molar-refractivity contribution in [3.05, 3.63) is 60.6 Å². The highest BCUT2D eigenvalue weighted by atomic mass is 15.0. The van der Waals surface area contributed by atoms with Gasteiger partial charge in [0, 0.05) is 23.7 Å². The van der Waals surface area contributed by atoms with Gasteiger partial charge in [-0.25, -0.2) is 4.98 Å². The molecular formula is C14H12N2. The van der Waals surface area contributed by atoms with Gasteiger partial charge in [-0.05, 0) is 24.6 Å². The van der Waals surface area contributed by atoms with Crippen LogP contribution in [-0.2, 0) is 0 Å². The van der Waals surface area contributed by atoms with Gasteiger partial charge in [-0.3, -0.25) is 0 Å². The van der Waals surface area contributed by atoms with Crippen LogP contribution in [0.1, 0.15) is 5.69 Å². The highest BCUT2D eigenvalue weighted by molar-refractivity contribution is 5.68. The fraction of sp³-hybridized carbons (Fsp3) is 0.0714. The second kappa shape index (κ2) is 3.49. The number of hydrogen-bond donors (Lipinski definition) is 0. The molecule has 0 aliphatic heterocycles. The van der Waals surface area contributed by atoms with Crippen molar-refractivity contribution in [1.29, 1.82) is 0 Å². The van der Waals surface area contributed by atoms with E-state index in [1.54, 1.807) is 0 Å². The average molecular weight is 208 g/mol. The fourth-order valence-corrected chi connectivity index (χ4v) is 1.92. The number of rotatable bonds is 1. The van der Waals surface area contributed by atoms with Crippen LogP contribution in [0, 0.1) is 6.92 Å². The molecule has 3 rings (SSSR count). The lowest BCUT2D eigenvalue weighted by Crippen LogP contribution is -1.89. The molecule has 0 radical (unpaired) electrons. The average Bonchev–Trinajstić information content (AvgIpc) is 2.76. The molecule has 0 atom stereocenters. The molecule has 2 aromatic heterocycles. The molecule has 0 saturated heterocycles. The number of benzene rings is 1. The summed E-state index contributed by atoms with van der Waals surface area (Å²) in [4.78, 5) is 4.35. The van der Waals surface area contributed by atoms with Crippen LogP contribution in [-0.4, -0.2) is 9.38 Å². The third-order valence-electron chi connectivity index (χ3n) is 2.81. The minimum absolute atomic E-state index is 0.999. The number of aryl methyl sites for hydroxylation is 1. The maximum Gasteiger partial charge on any atom is 0.137 e. The summed E-state index contributed by atoms with van der Waals surface area (Å²) in [6, 6.07) is 14.5. The molecule has 78 valence electrons. The molecule has 0 saturated carbocycles. The van der Waals surface area contributed by atoms with Gasteiger partial charge in [0.1, 0.15) is 5.65 Å². The summed E-state index contributed by atoms with van der Waals surface area (Å²) in [6.07, 6.45) is 3.98. The number of nitrogens with zero attached hydrogens (tertiary/aromatic N) is 2. The summed E-state index contributed by atoms with van der Waals surface area (Å²) in [5.74, 6) is 0. The number of fused-ring (bicyclic) bond motifs is 1. The van der Waals surface area contributed by atoms with Gasteiger partial charge in [-0.15, -0.1) is 0 Å². The van der Waals surface area contributed by atoms with Gasteiger partial charge in [0.2, 0.25) is 0 Å². The Balaban J connectivity index is 2.23. The highest BCUT2D eigenvalue weighted by Gasteiger charge is 2.03. The Bertz CT molecular complexity index is 624. The molecule has 0 spiro atoms. The summed E-state index contributed by atoms with van der Waals surface area (Å²) < 4.78 is 2.11. The van der Waals surface area contributed by atoms with Gasteiger partial charge >= 0.3 is 0 Å². The van der Waals surface area contributed by atoms with E-state index in [2.05, 4.69) is 52.8 Å². The van der Waals surface area contributed by atoms with Crippen LogP contribution in [0.3, 0.4) is 0 Å². The predicted octanol–water partition coefficient (Wildman–Crippen LogP) is 3.31. The van der Waals surface area contributed by atoms with Crippen molar-refractivity contribution < 1.29 is 0 Å². The van der Waals surface area contributed by atoms with Crippen molar-refractivity contribution in [2.45, 2.75) is 6.92 Å². The topological polar surface area (TPSA) is 17.3 Å². The van der Waals surface area contributed by atoms with Crippen molar-refractivity contribution in [3.8, 4) is 11.1 Å². The molecule has 16 heavy (non-hydrogen) atoms. The largest absolute Gasteiger partial charge is 0.305 e. The van der Waals surface area contributed by atoms with E-state index in [1.807, 2.05) is 18.3 Å². The molecule has 0 fully saturated rings. The first kappa shape index (κ1) is 9.16.